The van der Waals surface area contributed by atoms with E-state index in [1.54, 1.807) is 42.6 Å². The zero-order valence-electron chi connectivity index (χ0n) is 23.5. The van der Waals surface area contributed by atoms with Crippen LogP contribution in [0.15, 0.2) is 54.7 Å². The number of primary amides is 1. The number of para-hydroxylation sites is 1. The van der Waals surface area contributed by atoms with E-state index >= 15 is 0 Å². The summed E-state index contributed by atoms with van der Waals surface area (Å²) in [5.41, 5.74) is 13.1. The summed E-state index contributed by atoms with van der Waals surface area (Å²) in [5, 5.41) is 36.2. The smallest absolute Gasteiger partial charge is 0.326 e. The molecule has 0 aliphatic rings. The quantitative estimate of drug-likeness (QED) is 0.0980. The first-order valence-corrected chi connectivity index (χ1v) is 13.6. The lowest BCUT2D eigenvalue weighted by molar-refractivity contribution is -0.143. The van der Waals surface area contributed by atoms with Gasteiger partial charge in [0.05, 0.1) is 12.5 Å². The molecule has 0 spiro atoms. The number of aromatic amines is 1. The van der Waals surface area contributed by atoms with Crippen LogP contribution in [-0.4, -0.2) is 80.0 Å². The first-order chi connectivity index (χ1) is 20.8. The summed E-state index contributed by atoms with van der Waals surface area (Å²) < 4.78 is 0. The van der Waals surface area contributed by atoms with Gasteiger partial charge in [-0.3, -0.25) is 24.0 Å². The van der Waals surface area contributed by atoms with Gasteiger partial charge in [-0.05, 0) is 42.2 Å². The number of rotatable bonds is 16. The van der Waals surface area contributed by atoms with Gasteiger partial charge in [0.2, 0.25) is 23.6 Å². The molecule has 2 aromatic carbocycles. The fourth-order valence-corrected chi connectivity index (χ4v) is 4.46. The summed E-state index contributed by atoms with van der Waals surface area (Å²) >= 11 is 0. The van der Waals surface area contributed by atoms with Crippen molar-refractivity contribution in [3.05, 3.63) is 65.9 Å². The molecule has 0 fully saturated rings. The van der Waals surface area contributed by atoms with Crippen LogP contribution in [0.2, 0.25) is 0 Å². The van der Waals surface area contributed by atoms with Gasteiger partial charge in [0.25, 0.3) is 0 Å². The maximum atomic E-state index is 13.2. The molecule has 3 rings (SSSR count). The molecular formula is C29H34N6O9. The van der Waals surface area contributed by atoms with Gasteiger partial charge in [-0.25, -0.2) is 4.79 Å². The van der Waals surface area contributed by atoms with Gasteiger partial charge in [0.1, 0.15) is 23.9 Å². The van der Waals surface area contributed by atoms with Crippen molar-refractivity contribution in [2.24, 2.45) is 11.5 Å². The normalized spacial score (nSPS) is 13.7. The van der Waals surface area contributed by atoms with Gasteiger partial charge in [-0.1, -0.05) is 30.3 Å². The lowest BCUT2D eigenvalue weighted by Gasteiger charge is -2.24. The fraction of sp³-hybridized carbons (Fsp3) is 0.310. The predicted octanol–water partition coefficient (Wildman–Crippen LogP) is -0.735. The molecular weight excluding hydrogens is 576 g/mol. The van der Waals surface area contributed by atoms with Gasteiger partial charge < -0.3 is 47.7 Å². The van der Waals surface area contributed by atoms with Crippen LogP contribution >= 0.6 is 0 Å². The summed E-state index contributed by atoms with van der Waals surface area (Å²) in [4.78, 5) is 77.1. The Morgan fingerprint density at radius 1 is 0.795 bits per heavy atom. The summed E-state index contributed by atoms with van der Waals surface area (Å²) in [7, 11) is 0. The van der Waals surface area contributed by atoms with Gasteiger partial charge in [-0.15, -0.1) is 0 Å². The van der Waals surface area contributed by atoms with Crippen molar-refractivity contribution in [1.29, 1.82) is 0 Å². The summed E-state index contributed by atoms with van der Waals surface area (Å²) in [6.45, 7) is 0. The number of phenols is 1. The van der Waals surface area contributed by atoms with Crippen molar-refractivity contribution in [2.45, 2.75) is 56.3 Å². The van der Waals surface area contributed by atoms with Crippen molar-refractivity contribution < 1.29 is 44.1 Å². The van der Waals surface area contributed by atoms with Crippen LogP contribution in [0.3, 0.4) is 0 Å². The maximum absolute atomic E-state index is 13.2. The number of hydrogen-bond donors (Lipinski definition) is 9. The fourth-order valence-electron chi connectivity index (χ4n) is 4.46. The van der Waals surface area contributed by atoms with E-state index in [0.29, 0.717) is 11.1 Å². The van der Waals surface area contributed by atoms with E-state index in [1.165, 1.54) is 12.1 Å². The monoisotopic (exact) mass is 610 g/mol. The molecule has 15 heteroatoms. The van der Waals surface area contributed by atoms with Gasteiger partial charge in [0, 0.05) is 29.9 Å². The second-order valence-corrected chi connectivity index (χ2v) is 10.2. The Kier molecular flexibility index (Phi) is 11.4. The lowest BCUT2D eigenvalue weighted by atomic mass is 10.0. The Bertz CT molecular complexity index is 1520. The molecule has 0 saturated carbocycles. The number of carbonyl (C=O) groups is 6. The van der Waals surface area contributed by atoms with Crippen molar-refractivity contribution in [2.75, 3.05) is 0 Å². The van der Waals surface area contributed by atoms with Crippen LogP contribution in [0.25, 0.3) is 10.9 Å². The zero-order chi connectivity index (χ0) is 32.4. The second-order valence-electron chi connectivity index (χ2n) is 10.2. The van der Waals surface area contributed by atoms with Gasteiger partial charge in [0.15, 0.2) is 0 Å². The molecule has 4 unspecified atom stereocenters. The van der Waals surface area contributed by atoms with Gasteiger partial charge in [-0.2, -0.15) is 0 Å². The first kappa shape index (κ1) is 33.1. The number of H-pyrrole nitrogens is 1. The highest BCUT2D eigenvalue weighted by molar-refractivity contribution is 5.96. The number of carbonyl (C=O) groups excluding carboxylic acids is 4. The molecule has 0 bridgehead atoms. The van der Waals surface area contributed by atoms with E-state index in [2.05, 4.69) is 20.9 Å². The number of amides is 4. The Hall–Kier alpha value is -5.44. The Balaban J connectivity index is 1.72. The molecule has 1 heterocycles. The number of aromatic nitrogens is 1. The molecule has 3 aromatic rings. The van der Waals surface area contributed by atoms with Crippen LogP contribution < -0.4 is 27.4 Å². The van der Waals surface area contributed by atoms with Crippen LogP contribution in [-0.2, 0) is 41.6 Å². The van der Waals surface area contributed by atoms with E-state index < -0.39 is 66.2 Å². The molecule has 15 nitrogen and oxygen atoms in total. The molecule has 1 aromatic heterocycles. The van der Waals surface area contributed by atoms with Crippen molar-refractivity contribution in [1.82, 2.24) is 20.9 Å². The van der Waals surface area contributed by atoms with Crippen LogP contribution in [0, 0.1) is 0 Å². The number of carboxylic acids is 2. The Morgan fingerprint density at radius 3 is 2.05 bits per heavy atom. The van der Waals surface area contributed by atoms with E-state index in [-0.39, 0.29) is 31.4 Å². The molecule has 0 radical (unpaired) electrons. The third-order valence-electron chi connectivity index (χ3n) is 6.77. The average Bonchev–Trinajstić information content (AvgIpc) is 3.37. The predicted molar refractivity (Wildman–Crippen MR) is 156 cm³/mol. The van der Waals surface area contributed by atoms with Crippen molar-refractivity contribution in [3.63, 3.8) is 0 Å². The molecule has 0 aliphatic heterocycles. The summed E-state index contributed by atoms with van der Waals surface area (Å²) in [6, 6.07) is 7.25. The zero-order valence-corrected chi connectivity index (χ0v) is 23.5. The number of phenolic OH excluding ortho intramolecular Hbond substituents is 1. The number of hydrogen-bond acceptors (Lipinski definition) is 8. The minimum atomic E-state index is -1.73. The number of nitrogens with one attached hydrogen (secondary N) is 4. The molecule has 0 aliphatic carbocycles. The highest BCUT2D eigenvalue weighted by Crippen LogP contribution is 2.19. The molecule has 11 N–H and O–H groups in total. The third-order valence-corrected chi connectivity index (χ3v) is 6.77. The van der Waals surface area contributed by atoms with Gasteiger partial charge >= 0.3 is 11.9 Å². The van der Waals surface area contributed by atoms with Crippen LogP contribution in [0.1, 0.15) is 30.4 Å². The highest BCUT2D eigenvalue weighted by atomic mass is 16.4. The number of benzene rings is 2. The standard InChI is InChI=1S/C29H34N6O9/c30-19(11-15-5-7-17(36)8-6-15)26(40)33-21(9-10-24(31)37)27(41)34-22(13-25(38)39)28(42)35-23(29(43)44)12-16-14-32-20-4-2-1-3-18(16)20/h1-8,14,19,21-23,32,36H,9-13,30H2,(H2,31,37)(H,33,40)(H,34,41)(H,35,42)(H,38,39)(H,43,44). The lowest BCUT2D eigenvalue weighted by Crippen LogP contribution is -2.58. The number of nitrogens with two attached hydrogens (primary N) is 2. The summed E-state index contributed by atoms with van der Waals surface area (Å²) in [6.07, 6.45) is -0.0521. The Morgan fingerprint density at radius 2 is 1.41 bits per heavy atom. The largest absolute Gasteiger partial charge is 0.508 e. The third kappa shape index (κ3) is 9.55. The van der Waals surface area contributed by atoms with E-state index in [4.69, 9.17) is 11.5 Å². The average molecular weight is 611 g/mol. The van der Waals surface area contributed by atoms with Crippen LogP contribution in [0.4, 0.5) is 0 Å². The molecule has 44 heavy (non-hydrogen) atoms. The van der Waals surface area contributed by atoms with Crippen LogP contribution in [0.5, 0.6) is 5.75 Å². The first-order valence-electron chi connectivity index (χ1n) is 13.6. The molecule has 4 amide bonds. The second kappa shape index (κ2) is 15.2. The number of carboxylic acid groups (broad SMARTS) is 2. The molecule has 0 saturated heterocycles. The van der Waals surface area contributed by atoms with Crippen molar-refractivity contribution in [3.8, 4) is 5.75 Å². The van der Waals surface area contributed by atoms with Crippen molar-refractivity contribution >= 4 is 46.5 Å². The number of aromatic hydroxyl groups is 1. The molecule has 234 valence electrons. The Labute approximate surface area is 251 Å². The van der Waals surface area contributed by atoms with E-state index in [1.807, 2.05) is 0 Å². The molecule has 4 atom stereocenters. The number of aliphatic carboxylic acids is 2. The highest BCUT2D eigenvalue weighted by Gasteiger charge is 2.32. The minimum Gasteiger partial charge on any atom is -0.508 e. The summed E-state index contributed by atoms with van der Waals surface area (Å²) in [5.74, 6) is -6.51. The van der Waals surface area contributed by atoms with E-state index in [0.717, 1.165) is 10.9 Å². The maximum Gasteiger partial charge on any atom is 0.326 e. The SMILES string of the molecule is NC(=O)CCC(NC(=O)C(N)Cc1ccc(O)cc1)C(=O)NC(CC(=O)O)C(=O)NC(Cc1c[nH]c2ccccc12)C(=O)O. The minimum absolute atomic E-state index is 0.0163. The van der Waals surface area contributed by atoms with E-state index in [9.17, 15) is 44.1 Å². The topological polar surface area (TPSA) is 267 Å². The number of fused-ring (bicyclic) bond motifs is 1.